The van der Waals surface area contributed by atoms with Crippen LogP contribution in [-0.4, -0.2) is 11.3 Å². The number of nitriles is 1. The molecule has 0 aromatic heterocycles. The van der Waals surface area contributed by atoms with Crippen molar-refractivity contribution in [3.63, 3.8) is 0 Å². The topological polar surface area (TPSA) is 50.1 Å². The summed E-state index contributed by atoms with van der Waals surface area (Å²) in [4.78, 5) is 0.555. The van der Waals surface area contributed by atoms with Gasteiger partial charge >= 0.3 is 0 Å². The number of benzene rings is 2. The molecule has 0 spiro atoms. The summed E-state index contributed by atoms with van der Waals surface area (Å²) < 4.78 is 31.1. The average molecular weight is 275 g/mol. The quantitative estimate of drug-likeness (QED) is 0.865. The van der Waals surface area contributed by atoms with E-state index in [0.717, 1.165) is 0 Å². The van der Waals surface area contributed by atoms with Crippen molar-refractivity contribution in [2.24, 2.45) is 0 Å². The molecule has 2 rings (SSSR count). The molecule has 0 bridgehead atoms. The molecule has 0 fully saturated rings. The molecule has 0 aliphatic rings. The number of methoxy groups -OCH3 is 1. The van der Waals surface area contributed by atoms with Crippen LogP contribution in [0.25, 0.3) is 0 Å². The third kappa shape index (κ3) is 2.49. The van der Waals surface area contributed by atoms with Crippen LogP contribution in [-0.2, 0) is 10.8 Å². The zero-order valence-corrected chi connectivity index (χ0v) is 10.9. The fourth-order valence-electron chi connectivity index (χ4n) is 1.66. The predicted molar refractivity (Wildman–Crippen MR) is 68.8 cm³/mol. The van der Waals surface area contributed by atoms with Crippen LogP contribution >= 0.6 is 0 Å². The van der Waals surface area contributed by atoms with E-state index in [9.17, 15) is 8.60 Å². The molecule has 0 aliphatic heterocycles. The van der Waals surface area contributed by atoms with Crippen molar-refractivity contribution in [2.75, 3.05) is 7.11 Å². The van der Waals surface area contributed by atoms with Crippen LogP contribution in [0.2, 0.25) is 0 Å². The van der Waals surface area contributed by atoms with Crippen molar-refractivity contribution < 1.29 is 13.3 Å². The zero-order valence-electron chi connectivity index (χ0n) is 10.1. The minimum atomic E-state index is -1.67. The number of hydrogen-bond donors (Lipinski definition) is 0. The lowest BCUT2D eigenvalue weighted by Crippen LogP contribution is -2.00. The summed E-state index contributed by atoms with van der Waals surface area (Å²) in [6, 6.07) is 12.6. The van der Waals surface area contributed by atoms with Gasteiger partial charge in [-0.15, -0.1) is 0 Å². The second-order valence-electron chi connectivity index (χ2n) is 3.64. The van der Waals surface area contributed by atoms with Crippen LogP contribution in [0.4, 0.5) is 4.39 Å². The average Bonchev–Trinajstić information content (AvgIpc) is 2.46. The van der Waals surface area contributed by atoms with Crippen LogP contribution in [0.5, 0.6) is 5.75 Å². The standard InChI is InChI=1S/C14H10FNO2S/c1-18-12-6-2-3-7-14(12)19(17)13-8-4-5-11(15)10(13)9-16/h2-8H,1H3. The molecule has 0 saturated carbocycles. The molecule has 0 saturated heterocycles. The molecule has 0 radical (unpaired) electrons. The summed E-state index contributed by atoms with van der Waals surface area (Å²) >= 11 is 0. The third-order valence-electron chi connectivity index (χ3n) is 2.56. The first-order chi connectivity index (χ1) is 9.19. The molecule has 3 nitrogen and oxygen atoms in total. The molecule has 0 N–H and O–H groups in total. The lowest BCUT2D eigenvalue weighted by Gasteiger charge is -2.09. The van der Waals surface area contributed by atoms with E-state index in [1.165, 1.54) is 25.3 Å². The first-order valence-corrected chi connectivity index (χ1v) is 6.57. The van der Waals surface area contributed by atoms with Crippen LogP contribution in [0.15, 0.2) is 52.3 Å². The summed E-state index contributed by atoms with van der Waals surface area (Å²) in [5, 5.41) is 8.97. The van der Waals surface area contributed by atoms with Crippen LogP contribution < -0.4 is 4.74 Å². The molecule has 0 aliphatic carbocycles. The van der Waals surface area contributed by atoms with Crippen molar-refractivity contribution in [3.05, 3.63) is 53.8 Å². The Labute approximate surface area is 112 Å². The number of halogens is 1. The van der Waals surface area contributed by atoms with Gasteiger partial charge in [0.15, 0.2) is 0 Å². The van der Waals surface area contributed by atoms with E-state index < -0.39 is 16.6 Å². The predicted octanol–water partition coefficient (Wildman–Crippen LogP) is 2.87. The molecule has 2 aromatic carbocycles. The molecule has 96 valence electrons. The summed E-state index contributed by atoms with van der Waals surface area (Å²) in [7, 11) is -0.202. The van der Waals surface area contributed by atoms with Gasteiger partial charge < -0.3 is 4.74 Å². The van der Waals surface area contributed by atoms with Crippen molar-refractivity contribution in [3.8, 4) is 11.8 Å². The number of nitrogens with zero attached hydrogens (tertiary/aromatic N) is 1. The Morgan fingerprint density at radius 3 is 2.53 bits per heavy atom. The van der Waals surface area contributed by atoms with Crippen molar-refractivity contribution in [1.29, 1.82) is 5.26 Å². The van der Waals surface area contributed by atoms with Gasteiger partial charge in [0.2, 0.25) is 0 Å². The Kier molecular flexibility index (Phi) is 3.93. The van der Waals surface area contributed by atoms with Gasteiger partial charge in [0.1, 0.15) is 23.2 Å². The van der Waals surface area contributed by atoms with Gasteiger partial charge in [-0.2, -0.15) is 5.26 Å². The number of para-hydroxylation sites is 1. The largest absolute Gasteiger partial charge is 0.495 e. The van der Waals surface area contributed by atoms with E-state index in [2.05, 4.69) is 0 Å². The highest BCUT2D eigenvalue weighted by atomic mass is 32.2. The van der Waals surface area contributed by atoms with Crippen molar-refractivity contribution in [2.45, 2.75) is 9.79 Å². The number of rotatable bonds is 3. The maximum absolute atomic E-state index is 13.5. The van der Waals surface area contributed by atoms with Gasteiger partial charge in [-0.1, -0.05) is 18.2 Å². The van der Waals surface area contributed by atoms with E-state index in [-0.39, 0.29) is 10.5 Å². The second-order valence-corrected chi connectivity index (χ2v) is 5.06. The molecule has 0 heterocycles. The minimum Gasteiger partial charge on any atom is -0.495 e. The Balaban J connectivity index is 2.57. The molecule has 1 unspecified atom stereocenters. The normalized spacial score (nSPS) is 11.6. The summed E-state index contributed by atoms with van der Waals surface area (Å²) in [6.45, 7) is 0. The molecule has 5 heteroatoms. The Morgan fingerprint density at radius 1 is 1.16 bits per heavy atom. The fraction of sp³-hybridized carbons (Fsp3) is 0.0714. The maximum Gasteiger partial charge on any atom is 0.142 e. The molecule has 2 aromatic rings. The Bertz CT molecular complexity index is 679. The molecule has 0 amide bonds. The van der Waals surface area contributed by atoms with Crippen LogP contribution in [0.3, 0.4) is 0 Å². The summed E-state index contributed by atoms with van der Waals surface area (Å²) in [6.07, 6.45) is 0. The third-order valence-corrected chi connectivity index (χ3v) is 4.03. The SMILES string of the molecule is COc1ccccc1S(=O)c1cccc(F)c1C#N. The van der Waals surface area contributed by atoms with Gasteiger partial charge in [0, 0.05) is 0 Å². The first kappa shape index (κ1) is 13.2. The molecule has 19 heavy (non-hydrogen) atoms. The highest BCUT2D eigenvalue weighted by molar-refractivity contribution is 7.85. The lowest BCUT2D eigenvalue weighted by atomic mass is 10.2. The minimum absolute atomic E-state index is 0.145. The number of hydrogen-bond acceptors (Lipinski definition) is 3. The van der Waals surface area contributed by atoms with Gasteiger partial charge in [0.05, 0.1) is 27.7 Å². The maximum atomic E-state index is 13.5. The highest BCUT2D eigenvalue weighted by Crippen LogP contribution is 2.28. The van der Waals surface area contributed by atoms with Crippen LogP contribution in [0.1, 0.15) is 5.56 Å². The van der Waals surface area contributed by atoms with Crippen molar-refractivity contribution >= 4 is 10.8 Å². The van der Waals surface area contributed by atoms with Crippen molar-refractivity contribution in [1.82, 2.24) is 0 Å². The smallest absolute Gasteiger partial charge is 0.142 e. The summed E-state index contributed by atoms with van der Waals surface area (Å²) in [5.41, 5.74) is -0.202. The molecular formula is C14H10FNO2S. The Hall–Kier alpha value is -2.19. The zero-order chi connectivity index (χ0) is 13.8. The van der Waals surface area contributed by atoms with Gasteiger partial charge in [-0.25, -0.2) is 8.60 Å². The van der Waals surface area contributed by atoms with Gasteiger partial charge in [0.25, 0.3) is 0 Å². The Morgan fingerprint density at radius 2 is 1.84 bits per heavy atom. The highest BCUT2D eigenvalue weighted by Gasteiger charge is 2.18. The van der Waals surface area contributed by atoms with Crippen LogP contribution in [0, 0.1) is 17.1 Å². The lowest BCUT2D eigenvalue weighted by molar-refractivity contribution is 0.404. The van der Waals surface area contributed by atoms with E-state index in [1.807, 2.05) is 0 Å². The monoisotopic (exact) mass is 275 g/mol. The van der Waals surface area contributed by atoms with Gasteiger partial charge in [-0.05, 0) is 24.3 Å². The van der Waals surface area contributed by atoms with E-state index in [1.54, 1.807) is 30.3 Å². The first-order valence-electron chi connectivity index (χ1n) is 5.42. The second kappa shape index (κ2) is 5.63. The van der Waals surface area contributed by atoms with E-state index >= 15 is 0 Å². The summed E-state index contributed by atoms with van der Waals surface area (Å²) in [5.74, 6) is -0.239. The molecule has 1 atom stereocenters. The van der Waals surface area contributed by atoms with E-state index in [4.69, 9.17) is 10.00 Å². The van der Waals surface area contributed by atoms with Gasteiger partial charge in [-0.3, -0.25) is 0 Å². The fourth-order valence-corrected chi connectivity index (χ4v) is 2.96. The number of ether oxygens (including phenoxy) is 1. The molecular weight excluding hydrogens is 265 g/mol. The van der Waals surface area contributed by atoms with E-state index in [0.29, 0.717) is 10.6 Å².